The molecule has 0 N–H and O–H groups in total. The molecule has 0 saturated heterocycles. The highest BCUT2D eigenvalue weighted by Crippen LogP contribution is 2.23. The van der Waals surface area contributed by atoms with Gasteiger partial charge in [-0.1, -0.05) is 35.5 Å². The first-order valence-electron chi connectivity index (χ1n) is 7.65. The van der Waals surface area contributed by atoms with Crippen molar-refractivity contribution in [3.05, 3.63) is 66.1 Å². The third-order valence-electron chi connectivity index (χ3n) is 3.30. The predicted molar refractivity (Wildman–Crippen MR) is 99.7 cm³/mol. The van der Waals surface area contributed by atoms with Gasteiger partial charge in [-0.2, -0.15) is 0 Å². The van der Waals surface area contributed by atoms with E-state index in [1.165, 1.54) is 38.8 Å². The van der Waals surface area contributed by atoms with Crippen molar-refractivity contribution in [1.29, 1.82) is 0 Å². The number of hydrogen-bond donors (Lipinski definition) is 0. The minimum Gasteiger partial charge on any atom is -0.503 e. The van der Waals surface area contributed by atoms with Gasteiger partial charge in [0, 0.05) is 29.6 Å². The summed E-state index contributed by atoms with van der Waals surface area (Å²) in [7, 11) is -1.24. The first-order valence-corrected chi connectivity index (χ1v) is 9.54. The van der Waals surface area contributed by atoms with Gasteiger partial charge in [-0.05, 0) is 6.07 Å². The van der Waals surface area contributed by atoms with Gasteiger partial charge < -0.3 is 14.3 Å². The Labute approximate surface area is 157 Å². The summed E-state index contributed by atoms with van der Waals surface area (Å²) in [5.74, 6) is -0.570. The second-order valence-corrected chi connectivity index (χ2v) is 7.16. The van der Waals surface area contributed by atoms with E-state index in [0.717, 1.165) is 6.26 Å². The third kappa shape index (κ3) is 5.14. The van der Waals surface area contributed by atoms with Crippen LogP contribution in [0, 0.1) is 0 Å². The van der Waals surface area contributed by atoms with Crippen LogP contribution in [0.25, 0.3) is 5.57 Å². The molecule has 2 aromatic rings. The highest BCUT2D eigenvalue weighted by Gasteiger charge is 2.25. The average molecular weight is 390 g/mol. The molecule has 27 heavy (non-hydrogen) atoms. The van der Waals surface area contributed by atoms with Crippen molar-refractivity contribution >= 4 is 26.4 Å². The first kappa shape index (κ1) is 20.1. The number of carbonyl (C=O) groups is 1. The number of esters is 1. The van der Waals surface area contributed by atoms with Crippen LogP contribution in [-0.4, -0.2) is 44.9 Å². The van der Waals surface area contributed by atoms with Gasteiger partial charge in [0.1, 0.15) is 5.57 Å². The number of hydrogen-bond acceptors (Lipinski definition) is 8. The standard InChI is InChI=1S/C18H18N2O6S/c1-24-12-15(18(21)25-2)13-8-4-5-9-14(13)17(27(3,22)23)20-26-16-10-6-7-11-19-16/h4-12H,1-3H3/b15-12+,20-17+. The van der Waals surface area contributed by atoms with E-state index in [0.29, 0.717) is 0 Å². The molecule has 0 atom stereocenters. The number of rotatable bonds is 6. The summed E-state index contributed by atoms with van der Waals surface area (Å²) < 4.78 is 34.3. The molecule has 8 nitrogen and oxygen atoms in total. The van der Waals surface area contributed by atoms with Crippen LogP contribution in [0.2, 0.25) is 0 Å². The van der Waals surface area contributed by atoms with Crippen LogP contribution < -0.4 is 4.84 Å². The maximum absolute atomic E-state index is 12.3. The van der Waals surface area contributed by atoms with Gasteiger partial charge in [0.2, 0.25) is 10.9 Å². The first-order chi connectivity index (χ1) is 12.9. The zero-order valence-electron chi connectivity index (χ0n) is 14.9. The number of oxime groups is 1. The number of aromatic nitrogens is 1. The Morgan fingerprint density at radius 1 is 1.07 bits per heavy atom. The third-order valence-corrected chi connectivity index (χ3v) is 4.30. The fraction of sp³-hybridized carbons (Fsp3) is 0.167. The van der Waals surface area contributed by atoms with Crippen LogP contribution in [-0.2, 0) is 24.1 Å². The number of methoxy groups -OCH3 is 2. The minimum absolute atomic E-state index is 0.0322. The molecule has 0 fully saturated rings. The topological polar surface area (TPSA) is 104 Å². The lowest BCUT2D eigenvalue weighted by Crippen LogP contribution is -2.19. The molecule has 0 saturated carbocycles. The number of benzene rings is 1. The molecule has 9 heteroatoms. The van der Waals surface area contributed by atoms with E-state index in [2.05, 4.69) is 10.1 Å². The molecule has 0 unspecified atom stereocenters. The molecule has 1 aromatic heterocycles. The van der Waals surface area contributed by atoms with E-state index in [4.69, 9.17) is 14.3 Å². The lowest BCUT2D eigenvalue weighted by atomic mass is 10.0. The summed E-state index contributed by atoms with van der Waals surface area (Å²) in [5, 5.41) is 3.40. The van der Waals surface area contributed by atoms with Gasteiger partial charge >= 0.3 is 5.97 Å². The van der Waals surface area contributed by atoms with Crippen molar-refractivity contribution < 1.29 is 27.5 Å². The maximum atomic E-state index is 12.3. The van der Waals surface area contributed by atoms with E-state index in [1.54, 1.807) is 30.3 Å². The van der Waals surface area contributed by atoms with Crippen LogP contribution in [0.15, 0.2) is 60.1 Å². The molecule has 0 aliphatic rings. The summed E-state index contributed by atoms with van der Waals surface area (Å²) in [6.07, 6.45) is 3.64. The quantitative estimate of drug-likeness (QED) is 0.186. The van der Waals surface area contributed by atoms with Crippen LogP contribution >= 0.6 is 0 Å². The summed E-state index contributed by atoms with van der Waals surface area (Å²) in [6.45, 7) is 0. The van der Waals surface area contributed by atoms with Crippen molar-refractivity contribution in [1.82, 2.24) is 4.98 Å². The Hall–Kier alpha value is -3.20. The molecule has 0 aliphatic carbocycles. The zero-order valence-corrected chi connectivity index (χ0v) is 15.8. The van der Waals surface area contributed by atoms with Crippen LogP contribution in [0.4, 0.5) is 0 Å². The second kappa shape index (κ2) is 8.95. The molecule has 1 heterocycles. The van der Waals surface area contributed by atoms with E-state index in [9.17, 15) is 13.2 Å². The van der Waals surface area contributed by atoms with Crippen molar-refractivity contribution in [3.8, 4) is 5.88 Å². The maximum Gasteiger partial charge on any atom is 0.341 e. The molecule has 1 aromatic carbocycles. The highest BCUT2D eigenvalue weighted by atomic mass is 32.2. The van der Waals surface area contributed by atoms with Crippen LogP contribution in [0.5, 0.6) is 5.88 Å². The van der Waals surface area contributed by atoms with E-state index in [-0.39, 0.29) is 27.6 Å². The molecule has 0 spiro atoms. The Balaban J connectivity index is 2.61. The Bertz CT molecular complexity index is 968. The molecular formula is C18H18N2O6S. The largest absolute Gasteiger partial charge is 0.503 e. The number of pyridine rings is 1. The van der Waals surface area contributed by atoms with Gasteiger partial charge in [0.25, 0.3) is 0 Å². The van der Waals surface area contributed by atoms with E-state index < -0.39 is 15.8 Å². The lowest BCUT2D eigenvalue weighted by molar-refractivity contribution is -0.133. The fourth-order valence-corrected chi connectivity index (χ4v) is 2.91. The molecule has 0 aliphatic heterocycles. The molecule has 142 valence electrons. The van der Waals surface area contributed by atoms with Crippen molar-refractivity contribution in [2.75, 3.05) is 20.5 Å². The zero-order chi connectivity index (χ0) is 19.9. The number of sulfone groups is 1. The summed E-state index contributed by atoms with van der Waals surface area (Å²) in [4.78, 5) is 21.2. The Morgan fingerprint density at radius 3 is 2.30 bits per heavy atom. The smallest absolute Gasteiger partial charge is 0.341 e. The van der Waals surface area contributed by atoms with Gasteiger partial charge in [0.15, 0.2) is 9.84 Å². The number of nitrogens with zero attached hydrogens (tertiary/aromatic N) is 2. The summed E-state index contributed by atoms with van der Waals surface area (Å²) >= 11 is 0. The monoisotopic (exact) mass is 390 g/mol. The van der Waals surface area contributed by atoms with Gasteiger partial charge in [-0.25, -0.2) is 18.2 Å². The fourth-order valence-electron chi connectivity index (χ4n) is 2.16. The van der Waals surface area contributed by atoms with Crippen LogP contribution in [0.1, 0.15) is 11.1 Å². The molecule has 0 amide bonds. The SMILES string of the molecule is CO/C=C(/C(=O)OC)c1ccccc1/C(=N\Oc1ccccn1)S(C)(=O)=O. The van der Waals surface area contributed by atoms with E-state index >= 15 is 0 Å². The normalized spacial score (nSPS) is 12.4. The molecule has 2 rings (SSSR count). The van der Waals surface area contributed by atoms with Crippen molar-refractivity contribution in [2.45, 2.75) is 0 Å². The van der Waals surface area contributed by atoms with Gasteiger partial charge in [0.05, 0.1) is 20.5 Å². The number of carbonyl (C=O) groups excluding carboxylic acids is 1. The minimum atomic E-state index is -3.81. The number of ether oxygens (including phenoxy) is 2. The van der Waals surface area contributed by atoms with Gasteiger partial charge in [-0.15, -0.1) is 0 Å². The average Bonchev–Trinajstić information content (AvgIpc) is 2.66. The van der Waals surface area contributed by atoms with Crippen molar-refractivity contribution in [3.63, 3.8) is 0 Å². The second-order valence-electron chi connectivity index (χ2n) is 5.23. The lowest BCUT2D eigenvalue weighted by Gasteiger charge is -2.12. The van der Waals surface area contributed by atoms with E-state index in [1.807, 2.05) is 0 Å². The van der Waals surface area contributed by atoms with Crippen molar-refractivity contribution in [2.24, 2.45) is 5.16 Å². The predicted octanol–water partition coefficient (Wildman–Crippen LogP) is 2.03. The molecule has 0 bridgehead atoms. The highest BCUT2D eigenvalue weighted by molar-refractivity contribution is 8.06. The van der Waals surface area contributed by atoms with Gasteiger partial charge in [-0.3, -0.25) is 0 Å². The molecule has 0 radical (unpaired) electrons. The van der Waals surface area contributed by atoms with Crippen LogP contribution in [0.3, 0.4) is 0 Å². The summed E-state index contributed by atoms with van der Waals surface area (Å²) in [6, 6.07) is 11.2. The molecular weight excluding hydrogens is 372 g/mol. The Kier molecular flexibility index (Phi) is 6.67. The Morgan fingerprint density at radius 2 is 1.74 bits per heavy atom. The summed E-state index contributed by atoms with van der Waals surface area (Å²) in [5.41, 5.74) is 0.453.